The monoisotopic (exact) mass is 421 g/mol. The summed E-state index contributed by atoms with van der Waals surface area (Å²) in [6, 6.07) is 14.7. The maximum absolute atomic E-state index is 12.6. The lowest BCUT2D eigenvalue weighted by molar-refractivity contribution is -0.117. The van der Waals surface area contributed by atoms with Crippen molar-refractivity contribution in [1.82, 2.24) is 14.3 Å². The van der Waals surface area contributed by atoms with Gasteiger partial charge in [0, 0.05) is 24.5 Å². The number of aryl methyl sites for hydroxylation is 1. The molecule has 9 nitrogen and oxygen atoms in total. The molecular weight excluding hydrogens is 398 g/mol. The molecule has 160 valence electrons. The molecule has 0 saturated heterocycles. The number of ether oxygens (including phenoxy) is 1. The van der Waals surface area contributed by atoms with Crippen molar-refractivity contribution in [2.24, 2.45) is 0 Å². The third-order valence-electron chi connectivity index (χ3n) is 4.96. The summed E-state index contributed by atoms with van der Waals surface area (Å²) < 4.78 is 7.73. The largest absolute Gasteiger partial charge is 0.494 e. The van der Waals surface area contributed by atoms with Crippen molar-refractivity contribution in [2.75, 3.05) is 23.4 Å². The number of amides is 1. The Bertz CT molecular complexity index is 1230. The number of carbonyl (C=O) groups is 1. The van der Waals surface area contributed by atoms with Gasteiger partial charge in [-0.1, -0.05) is 12.1 Å². The topological polar surface area (TPSA) is 98.5 Å². The summed E-state index contributed by atoms with van der Waals surface area (Å²) in [6.07, 6.45) is 0. The highest BCUT2D eigenvalue weighted by molar-refractivity contribution is 5.90. The Morgan fingerprint density at radius 3 is 2.58 bits per heavy atom. The lowest BCUT2D eigenvalue weighted by Crippen LogP contribution is -2.44. The van der Waals surface area contributed by atoms with Crippen molar-refractivity contribution in [3.8, 4) is 5.75 Å². The maximum Gasteiger partial charge on any atom is 0.333 e. The smallest absolute Gasteiger partial charge is 0.333 e. The number of aromatic nitrogens is 3. The van der Waals surface area contributed by atoms with Gasteiger partial charge in [-0.05, 0) is 55.8 Å². The van der Waals surface area contributed by atoms with Gasteiger partial charge in [-0.25, -0.2) is 4.68 Å². The third-order valence-corrected chi connectivity index (χ3v) is 4.96. The molecule has 9 heteroatoms. The first-order chi connectivity index (χ1) is 15.0. The van der Waals surface area contributed by atoms with E-state index in [0.717, 1.165) is 21.7 Å². The molecule has 4 rings (SSSR count). The Balaban J connectivity index is 1.60. The van der Waals surface area contributed by atoms with Crippen molar-refractivity contribution < 1.29 is 9.53 Å². The van der Waals surface area contributed by atoms with Gasteiger partial charge >= 0.3 is 11.1 Å². The highest BCUT2D eigenvalue weighted by atomic mass is 16.5. The van der Waals surface area contributed by atoms with E-state index in [9.17, 15) is 14.4 Å². The first kappa shape index (κ1) is 20.4. The zero-order chi connectivity index (χ0) is 22.0. The molecule has 0 bridgehead atoms. The van der Waals surface area contributed by atoms with E-state index in [1.807, 2.05) is 61.2 Å². The number of carbonyl (C=O) groups excluding carboxylic acids is 1. The molecule has 2 aromatic carbocycles. The fourth-order valence-electron chi connectivity index (χ4n) is 3.53. The van der Waals surface area contributed by atoms with E-state index in [2.05, 4.69) is 10.4 Å². The number of hydrogen-bond donors (Lipinski definition) is 1. The highest BCUT2D eigenvalue weighted by Crippen LogP contribution is 2.28. The first-order valence-corrected chi connectivity index (χ1v) is 10.0. The number of nitrogens with zero attached hydrogens (tertiary/aromatic N) is 4. The van der Waals surface area contributed by atoms with Crippen LogP contribution in [0.15, 0.2) is 58.1 Å². The van der Waals surface area contributed by atoms with Crippen LogP contribution in [-0.4, -0.2) is 33.4 Å². The van der Waals surface area contributed by atoms with Crippen molar-refractivity contribution >= 4 is 23.2 Å². The van der Waals surface area contributed by atoms with Crippen LogP contribution in [-0.2, 0) is 17.9 Å². The van der Waals surface area contributed by atoms with E-state index in [0.29, 0.717) is 31.3 Å². The summed E-state index contributed by atoms with van der Waals surface area (Å²) in [5.74, 6) is 0.640. The molecule has 0 unspecified atom stereocenters. The van der Waals surface area contributed by atoms with Crippen LogP contribution in [0.3, 0.4) is 0 Å². The summed E-state index contributed by atoms with van der Waals surface area (Å²) in [4.78, 5) is 39.4. The summed E-state index contributed by atoms with van der Waals surface area (Å²) in [5, 5.41) is 7.06. The van der Waals surface area contributed by atoms with Gasteiger partial charge in [0.05, 0.1) is 6.61 Å². The van der Waals surface area contributed by atoms with Crippen LogP contribution in [0.2, 0.25) is 0 Å². The van der Waals surface area contributed by atoms with Crippen LogP contribution in [0, 0.1) is 6.92 Å². The van der Waals surface area contributed by atoms with Crippen LogP contribution >= 0.6 is 0 Å². The number of hydrogen-bond acceptors (Lipinski definition) is 6. The fraction of sp³-hybridized carbons (Fsp3) is 0.273. The summed E-state index contributed by atoms with van der Waals surface area (Å²) in [7, 11) is 0. The second-order valence-electron chi connectivity index (χ2n) is 7.22. The molecule has 1 N–H and O–H groups in total. The molecule has 0 aliphatic carbocycles. The first-order valence-electron chi connectivity index (χ1n) is 10.0. The Kier molecular flexibility index (Phi) is 5.57. The van der Waals surface area contributed by atoms with Gasteiger partial charge in [-0.2, -0.15) is 0 Å². The van der Waals surface area contributed by atoms with Crippen LogP contribution in [0.4, 0.5) is 17.3 Å². The summed E-state index contributed by atoms with van der Waals surface area (Å²) in [5.41, 5.74) is 0.913. The molecule has 0 spiro atoms. The van der Waals surface area contributed by atoms with Crippen LogP contribution in [0.5, 0.6) is 5.75 Å². The van der Waals surface area contributed by atoms with E-state index >= 15 is 0 Å². The zero-order valence-electron chi connectivity index (χ0n) is 17.4. The molecule has 1 aliphatic heterocycles. The van der Waals surface area contributed by atoms with E-state index in [-0.39, 0.29) is 6.54 Å². The molecule has 1 amide bonds. The van der Waals surface area contributed by atoms with E-state index < -0.39 is 17.0 Å². The highest BCUT2D eigenvalue weighted by Gasteiger charge is 2.26. The van der Waals surface area contributed by atoms with E-state index in [1.54, 1.807) is 6.07 Å². The lowest BCUT2D eigenvalue weighted by atomic mass is 10.2. The average molecular weight is 421 g/mol. The number of anilines is 3. The predicted octanol–water partition coefficient (Wildman–Crippen LogP) is 1.90. The molecule has 0 saturated carbocycles. The van der Waals surface area contributed by atoms with Gasteiger partial charge < -0.3 is 15.0 Å². The fourth-order valence-corrected chi connectivity index (χ4v) is 3.53. The second-order valence-corrected chi connectivity index (χ2v) is 7.22. The SMILES string of the molecule is CCOc1ccc(N2CCn3c2nn(CC(=O)Nc2cccc(C)c2)c(=O)c3=O)cc1. The molecule has 2 heterocycles. The number of rotatable bonds is 6. The standard InChI is InChI=1S/C22H23N5O4/c1-3-31-18-9-7-17(8-10-18)25-11-12-26-20(29)21(30)27(24-22(25)26)14-19(28)23-16-6-4-5-15(2)13-16/h4-10,13H,3,11-12,14H2,1-2H3,(H,23,28). The molecule has 0 fully saturated rings. The Labute approximate surface area is 178 Å². The van der Waals surface area contributed by atoms with E-state index in [4.69, 9.17) is 4.74 Å². The van der Waals surface area contributed by atoms with Crippen LogP contribution in [0.25, 0.3) is 0 Å². The minimum absolute atomic E-state index is 0.331. The predicted molar refractivity (Wildman–Crippen MR) is 117 cm³/mol. The molecule has 0 radical (unpaired) electrons. The Morgan fingerprint density at radius 2 is 1.87 bits per heavy atom. The van der Waals surface area contributed by atoms with Gasteiger partial charge in [-0.15, -0.1) is 5.10 Å². The lowest BCUT2D eigenvalue weighted by Gasteiger charge is -2.18. The molecule has 3 aromatic rings. The van der Waals surface area contributed by atoms with Crippen LogP contribution in [0.1, 0.15) is 12.5 Å². The van der Waals surface area contributed by atoms with Gasteiger partial charge in [0.2, 0.25) is 11.9 Å². The second kappa shape index (κ2) is 8.47. The Hall–Kier alpha value is -3.88. The zero-order valence-corrected chi connectivity index (χ0v) is 17.4. The minimum Gasteiger partial charge on any atom is -0.494 e. The van der Waals surface area contributed by atoms with Crippen molar-refractivity contribution in [3.05, 3.63) is 74.8 Å². The summed E-state index contributed by atoms with van der Waals surface area (Å²) in [6.45, 7) is 4.88. The van der Waals surface area contributed by atoms with Gasteiger partial charge in [0.25, 0.3) is 0 Å². The van der Waals surface area contributed by atoms with Gasteiger partial charge in [0.15, 0.2) is 0 Å². The maximum atomic E-state index is 12.6. The van der Waals surface area contributed by atoms with Crippen molar-refractivity contribution in [2.45, 2.75) is 26.9 Å². The Morgan fingerprint density at radius 1 is 1.10 bits per heavy atom. The number of fused-ring (bicyclic) bond motifs is 1. The molecule has 1 aromatic heterocycles. The summed E-state index contributed by atoms with van der Waals surface area (Å²) >= 11 is 0. The molecular formula is C22H23N5O4. The van der Waals surface area contributed by atoms with Crippen molar-refractivity contribution in [1.29, 1.82) is 0 Å². The normalized spacial score (nSPS) is 12.5. The number of nitrogens with one attached hydrogen (secondary N) is 1. The van der Waals surface area contributed by atoms with Crippen molar-refractivity contribution in [3.63, 3.8) is 0 Å². The average Bonchev–Trinajstić information content (AvgIpc) is 3.16. The van der Waals surface area contributed by atoms with Crippen LogP contribution < -0.4 is 26.1 Å². The minimum atomic E-state index is -0.823. The van der Waals surface area contributed by atoms with Gasteiger partial charge in [-0.3, -0.25) is 19.0 Å². The molecule has 31 heavy (non-hydrogen) atoms. The molecule has 1 aliphatic rings. The van der Waals surface area contributed by atoms with Gasteiger partial charge in [0.1, 0.15) is 12.3 Å². The quantitative estimate of drug-likeness (QED) is 0.611. The number of benzene rings is 2. The van der Waals surface area contributed by atoms with E-state index in [1.165, 1.54) is 4.57 Å². The molecule has 0 atom stereocenters. The third kappa shape index (κ3) is 4.20.